The lowest BCUT2D eigenvalue weighted by Crippen LogP contribution is -2.32. The molecule has 0 amide bonds. The number of piperidine rings is 1. The molecule has 0 atom stereocenters. The van der Waals surface area contributed by atoms with Crippen LogP contribution in [0.1, 0.15) is 64.8 Å². The van der Waals surface area contributed by atoms with E-state index < -0.39 is 5.97 Å². The molecule has 0 spiro atoms. The monoisotopic (exact) mass is 388 g/mol. The number of hydrogen-bond acceptors (Lipinski definition) is 2. The third kappa shape index (κ3) is 3.46. The van der Waals surface area contributed by atoms with Gasteiger partial charge < -0.3 is 9.67 Å². The summed E-state index contributed by atoms with van der Waals surface area (Å²) in [6.45, 7) is 5.27. The van der Waals surface area contributed by atoms with Crippen molar-refractivity contribution in [3.05, 3.63) is 70.9 Å². The van der Waals surface area contributed by atoms with Crippen molar-refractivity contribution < 1.29 is 9.90 Å². The summed E-state index contributed by atoms with van der Waals surface area (Å²) in [6.07, 6.45) is 4.95. The van der Waals surface area contributed by atoms with Gasteiger partial charge in [-0.2, -0.15) is 0 Å². The maximum absolute atomic E-state index is 11.2. The standard InChI is InChI=1S/C25H28N2O2/c1-17-24(22-7-2-3-8-23(22)27(17)21-9-10-21)19-11-13-26(14-12-19)16-18-5-4-6-20(15-18)25(28)29/h2-8,15,19,21H,9-14,16H2,1H3,(H,28,29). The Kier molecular flexibility index (Phi) is 4.67. The van der Waals surface area contributed by atoms with Gasteiger partial charge in [-0.3, -0.25) is 4.90 Å². The molecule has 3 aromatic rings. The Hall–Kier alpha value is -2.59. The molecule has 1 aliphatic carbocycles. The lowest BCUT2D eigenvalue weighted by Gasteiger charge is -2.32. The van der Waals surface area contributed by atoms with E-state index in [0.29, 0.717) is 17.5 Å². The summed E-state index contributed by atoms with van der Waals surface area (Å²) < 4.78 is 2.59. The minimum Gasteiger partial charge on any atom is -0.478 e. The topological polar surface area (TPSA) is 45.5 Å². The van der Waals surface area contributed by atoms with Gasteiger partial charge in [-0.15, -0.1) is 0 Å². The number of hydrogen-bond donors (Lipinski definition) is 1. The zero-order chi connectivity index (χ0) is 20.0. The number of carboxylic acid groups (broad SMARTS) is 1. The predicted octanol–water partition coefficient (Wildman–Crippen LogP) is 5.36. The molecule has 1 aromatic heterocycles. The number of fused-ring (bicyclic) bond motifs is 1. The van der Waals surface area contributed by atoms with Crippen molar-refractivity contribution in [2.75, 3.05) is 13.1 Å². The fraction of sp³-hybridized carbons (Fsp3) is 0.400. The number of carboxylic acids is 1. The fourth-order valence-corrected chi connectivity index (χ4v) is 5.18. The second-order valence-corrected chi connectivity index (χ2v) is 8.67. The van der Waals surface area contributed by atoms with Gasteiger partial charge in [-0.1, -0.05) is 30.3 Å². The van der Waals surface area contributed by atoms with E-state index >= 15 is 0 Å². The normalized spacial score (nSPS) is 18.4. The van der Waals surface area contributed by atoms with Gasteiger partial charge in [0.2, 0.25) is 0 Å². The number of likely N-dealkylation sites (tertiary alicyclic amines) is 1. The number of carbonyl (C=O) groups is 1. The van der Waals surface area contributed by atoms with Gasteiger partial charge in [0.05, 0.1) is 5.56 Å². The van der Waals surface area contributed by atoms with Gasteiger partial charge >= 0.3 is 5.97 Å². The molecule has 2 heterocycles. The largest absolute Gasteiger partial charge is 0.478 e. The van der Waals surface area contributed by atoms with Crippen molar-refractivity contribution in [3.8, 4) is 0 Å². The minimum absolute atomic E-state index is 0.376. The average Bonchev–Trinajstić information content (AvgIpc) is 3.52. The fourth-order valence-electron chi connectivity index (χ4n) is 5.18. The first-order valence-electron chi connectivity index (χ1n) is 10.8. The second-order valence-electron chi connectivity index (χ2n) is 8.67. The molecule has 5 rings (SSSR count). The van der Waals surface area contributed by atoms with E-state index in [2.05, 4.69) is 40.7 Å². The lowest BCUT2D eigenvalue weighted by atomic mass is 9.87. The summed E-state index contributed by atoms with van der Waals surface area (Å²) >= 11 is 0. The van der Waals surface area contributed by atoms with Crippen molar-refractivity contribution in [1.82, 2.24) is 9.47 Å². The molecule has 2 aliphatic rings. The van der Waals surface area contributed by atoms with Crippen LogP contribution in [0.3, 0.4) is 0 Å². The Bertz CT molecular complexity index is 1060. The Morgan fingerprint density at radius 1 is 1.03 bits per heavy atom. The van der Waals surface area contributed by atoms with Gasteiger partial charge in [-0.25, -0.2) is 4.79 Å². The molecular formula is C25H28N2O2. The van der Waals surface area contributed by atoms with E-state index in [9.17, 15) is 9.90 Å². The van der Waals surface area contributed by atoms with Crippen LogP contribution in [-0.2, 0) is 6.54 Å². The Balaban J connectivity index is 1.33. The van der Waals surface area contributed by atoms with E-state index in [1.807, 2.05) is 18.2 Å². The van der Waals surface area contributed by atoms with E-state index in [1.54, 1.807) is 11.6 Å². The molecule has 1 saturated heterocycles. The minimum atomic E-state index is -0.854. The molecule has 1 saturated carbocycles. The zero-order valence-corrected chi connectivity index (χ0v) is 17.0. The maximum atomic E-state index is 11.2. The molecule has 4 heteroatoms. The SMILES string of the molecule is Cc1c(C2CCN(Cc3cccc(C(=O)O)c3)CC2)c2ccccc2n1C1CC1. The molecule has 150 valence electrons. The van der Waals surface area contributed by atoms with Crippen LogP contribution >= 0.6 is 0 Å². The van der Waals surface area contributed by atoms with E-state index in [0.717, 1.165) is 38.0 Å². The first-order valence-corrected chi connectivity index (χ1v) is 10.8. The molecule has 0 unspecified atom stereocenters. The van der Waals surface area contributed by atoms with Crippen LogP contribution in [0, 0.1) is 6.92 Å². The van der Waals surface area contributed by atoms with Crippen LogP contribution in [0.15, 0.2) is 48.5 Å². The van der Waals surface area contributed by atoms with Crippen LogP contribution < -0.4 is 0 Å². The number of nitrogens with zero attached hydrogens (tertiary/aromatic N) is 2. The van der Waals surface area contributed by atoms with Crippen molar-refractivity contribution in [2.24, 2.45) is 0 Å². The smallest absolute Gasteiger partial charge is 0.335 e. The highest BCUT2D eigenvalue weighted by Crippen LogP contribution is 2.44. The van der Waals surface area contributed by atoms with Crippen LogP contribution in [0.4, 0.5) is 0 Å². The highest BCUT2D eigenvalue weighted by molar-refractivity contribution is 5.88. The average molecular weight is 389 g/mol. The number of aromatic carboxylic acids is 1. The number of para-hydroxylation sites is 1. The van der Waals surface area contributed by atoms with Crippen molar-refractivity contribution >= 4 is 16.9 Å². The lowest BCUT2D eigenvalue weighted by molar-refractivity contribution is 0.0696. The molecular weight excluding hydrogens is 360 g/mol. The molecule has 0 bridgehead atoms. The van der Waals surface area contributed by atoms with Gasteiger partial charge in [0, 0.05) is 29.2 Å². The number of aromatic nitrogens is 1. The van der Waals surface area contributed by atoms with Crippen LogP contribution in [0.25, 0.3) is 10.9 Å². The molecule has 1 aliphatic heterocycles. The van der Waals surface area contributed by atoms with E-state index in [1.165, 1.54) is 29.4 Å². The van der Waals surface area contributed by atoms with E-state index in [-0.39, 0.29) is 0 Å². The van der Waals surface area contributed by atoms with E-state index in [4.69, 9.17) is 0 Å². The van der Waals surface area contributed by atoms with Crippen LogP contribution in [-0.4, -0.2) is 33.6 Å². The molecule has 2 aromatic carbocycles. The first-order chi connectivity index (χ1) is 14.1. The Morgan fingerprint density at radius 3 is 2.52 bits per heavy atom. The van der Waals surface area contributed by atoms with Gasteiger partial charge in [0.15, 0.2) is 0 Å². The quantitative estimate of drug-likeness (QED) is 0.640. The number of benzene rings is 2. The third-order valence-corrected chi connectivity index (χ3v) is 6.69. The summed E-state index contributed by atoms with van der Waals surface area (Å²) in [5, 5.41) is 10.7. The van der Waals surface area contributed by atoms with Crippen LogP contribution in [0.2, 0.25) is 0 Å². The summed E-state index contributed by atoms with van der Waals surface area (Å²) in [5.74, 6) is -0.241. The predicted molar refractivity (Wildman–Crippen MR) is 116 cm³/mol. The summed E-state index contributed by atoms with van der Waals surface area (Å²) in [5.41, 5.74) is 5.92. The molecule has 1 N–H and O–H groups in total. The van der Waals surface area contributed by atoms with Gasteiger partial charge in [0.25, 0.3) is 0 Å². The highest BCUT2D eigenvalue weighted by Gasteiger charge is 2.31. The van der Waals surface area contributed by atoms with Crippen molar-refractivity contribution in [2.45, 2.75) is 51.1 Å². The first kappa shape index (κ1) is 18.4. The van der Waals surface area contributed by atoms with Crippen LogP contribution in [0.5, 0.6) is 0 Å². The molecule has 0 radical (unpaired) electrons. The summed E-state index contributed by atoms with van der Waals surface area (Å²) in [4.78, 5) is 13.7. The maximum Gasteiger partial charge on any atom is 0.335 e. The Morgan fingerprint density at radius 2 is 1.79 bits per heavy atom. The molecule has 29 heavy (non-hydrogen) atoms. The van der Waals surface area contributed by atoms with Gasteiger partial charge in [-0.05, 0) is 80.9 Å². The van der Waals surface area contributed by atoms with Crippen molar-refractivity contribution in [1.29, 1.82) is 0 Å². The van der Waals surface area contributed by atoms with Gasteiger partial charge in [0.1, 0.15) is 0 Å². The molecule has 2 fully saturated rings. The Labute approximate surface area is 171 Å². The third-order valence-electron chi connectivity index (χ3n) is 6.69. The zero-order valence-electron chi connectivity index (χ0n) is 17.0. The summed E-state index contributed by atoms with van der Waals surface area (Å²) in [7, 11) is 0. The van der Waals surface area contributed by atoms with Crippen molar-refractivity contribution in [3.63, 3.8) is 0 Å². The summed E-state index contributed by atoms with van der Waals surface area (Å²) in [6, 6.07) is 17.0. The second kappa shape index (κ2) is 7.34. The number of rotatable bonds is 5. The highest BCUT2D eigenvalue weighted by atomic mass is 16.4. The molecule has 4 nitrogen and oxygen atoms in total.